The Hall–Kier alpha value is -3.43. The van der Waals surface area contributed by atoms with Gasteiger partial charge in [-0.2, -0.15) is 5.10 Å². The Labute approximate surface area is 155 Å². The molecule has 0 saturated heterocycles. The molecule has 0 aliphatic rings. The molecule has 0 unspecified atom stereocenters. The van der Waals surface area contributed by atoms with E-state index in [1.165, 1.54) is 6.21 Å². The lowest BCUT2D eigenvalue weighted by Gasteiger charge is -2.05. The quantitative estimate of drug-likeness (QED) is 0.272. The summed E-state index contributed by atoms with van der Waals surface area (Å²) in [6, 6.07) is 7.33. The van der Waals surface area contributed by atoms with Gasteiger partial charge in [0.2, 0.25) is 5.82 Å². The summed E-state index contributed by atoms with van der Waals surface area (Å²) in [5, 5.41) is 11.9. The Morgan fingerprint density at radius 1 is 1.26 bits per heavy atom. The fraction of sp³-hybridized carbons (Fsp3) is 0.353. The molecule has 0 spiro atoms. The molecule has 27 heavy (non-hydrogen) atoms. The van der Waals surface area contributed by atoms with E-state index in [9.17, 15) is 14.4 Å². The predicted molar refractivity (Wildman–Crippen MR) is 101 cm³/mol. The summed E-state index contributed by atoms with van der Waals surface area (Å²) in [6.07, 6.45) is 4.81. The van der Waals surface area contributed by atoms with Crippen molar-refractivity contribution in [3.8, 4) is 5.75 Å². The molecule has 0 fully saturated rings. The molecule has 2 aromatic rings. The van der Waals surface area contributed by atoms with Crippen molar-refractivity contribution in [3.05, 3.63) is 50.7 Å². The van der Waals surface area contributed by atoms with Crippen LogP contribution in [0.3, 0.4) is 0 Å². The maximum Gasteiger partial charge on any atom is 0.342 e. The average Bonchev–Trinajstić information content (AvgIpc) is 2.66. The number of H-pyrrole nitrogens is 2. The number of hydrazone groups is 1. The molecule has 4 N–H and O–H groups in total. The highest BCUT2D eigenvalue weighted by atomic mass is 16.5. The number of ether oxygens (including phenoxy) is 1. The second kappa shape index (κ2) is 10.5. The molecule has 0 atom stereocenters. The second-order valence-electron chi connectivity index (χ2n) is 5.63. The van der Waals surface area contributed by atoms with Gasteiger partial charge in [-0.25, -0.2) is 15.3 Å². The predicted octanol–water partition coefficient (Wildman–Crippen LogP) is 0.589. The van der Waals surface area contributed by atoms with Crippen LogP contribution in [0.5, 0.6) is 5.75 Å². The third-order valence-corrected chi connectivity index (χ3v) is 3.43. The molecule has 144 valence electrons. The van der Waals surface area contributed by atoms with E-state index >= 15 is 0 Å². The molecule has 1 aromatic heterocycles. The van der Waals surface area contributed by atoms with Crippen LogP contribution >= 0.6 is 0 Å². The Morgan fingerprint density at radius 2 is 2.04 bits per heavy atom. The zero-order valence-electron chi connectivity index (χ0n) is 14.9. The van der Waals surface area contributed by atoms with Crippen molar-refractivity contribution >= 4 is 17.9 Å². The lowest BCUT2D eigenvalue weighted by Crippen LogP contribution is -2.31. The van der Waals surface area contributed by atoms with Gasteiger partial charge in [-0.05, 0) is 36.2 Å². The highest BCUT2D eigenvalue weighted by Crippen LogP contribution is 2.11. The number of aromatic amines is 2. The topological polar surface area (TPSA) is 141 Å². The molecule has 0 radical (unpaired) electrons. The fourth-order valence-electron chi connectivity index (χ4n) is 2.04. The van der Waals surface area contributed by atoms with Gasteiger partial charge in [-0.1, -0.05) is 19.8 Å². The summed E-state index contributed by atoms with van der Waals surface area (Å²) in [5.74, 6) is 0.146. The van der Waals surface area contributed by atoms with Crippen molar-refractivity contribution in [2.75, 3.05) is 18.5 Å². The molecule has 1 heterocycles. The van der Waals surface area contributed by atoms with Gasteiger partial charge in [0, 0.05) is 0 Å². The number of anilines is 1. The smallest absolute Gasteiger partial charge is 0.342 e. The van der Waals surface area contributed by atoms with Crippen molar-refractivity contribution in [2.24, 2.45) is 5.10 Å². The van der Waals surface area contributed by atoms with Crippen LogP contribution in [0.15, 0.2) is 39.0 Å². The van der Waals surface area contributed by atoms with Crippen LogP contribution < -0.4 is 26.7 Å². The minimum absolute atomic E-state index is 0.164. The van der Waals surface area contributed by atoms with Gasteiger partial charge in [0.25, 0.3) is 11.5 Å². The van der Waals surface area contributed by atoms with E-state index in [2.05, 4.69) is 33.0 Å². The second-order valence-corrected chi connectivity index (χ2v) is 5.63. The van der Waals surface area contributed by atoms with Crippen LogP contribution in [-0.4, -0.2) is 40.5 Å². The highest BCUT2D eigenvalue weighted by molar-refractivity contribution is 5.84. The van der Waals surface area contributed by atoms with E-state index in [0.717, 1.165) is 30.6 Å². The third-order valence-electron chi connectivity index (χ3n) is 3.43. The lowest BCUT2D eigenvalue weighted by molar-refractivity contribution is -0.119. The summed E-state index contributed by atoms with van der Waals surface area (Å²) >= 11 is 0. The van der Waals surface area contributed by atoms with Gasteiger partial charge in [-0.15, -0.1) is 5.10 Å². The van der Waals surface area contributed by atoms with Crippen molar-refractivity contribution in [3.63, 3.8) is 0 Å². The number of carbonyl (C=O) groups is 1. The minimum atomic E-state index is -0.725. The largest absolute Gasteiger partial charge is 0.494 e. The first kappa shape index (κ1) is 19.9. The average molecular weight is 374 g/mol. The fourth-order valence-corrected chi connectivity index (χ4v) is 2.04. The standard InChI is InChI=1S/C17H22N6O4/c1-2-3-4-9-27-13-7-5-12(6-8-13)10-19-21-14(24)11-18-15-16(25)20-17(26)23-22-15/h5-8,10H,2-4,9,11H2,1H3,(H,18,22)(H,21,24)(H2,20,23,25,26)/b19-10+. The molecule has 10 heteroatoms. The number of aromatic nitrogens is 3. The molecule has 10 nitrogen and oxygen atoms in total. The Kier molecular flexibility index (Phi) is 7.76. The number of hydrogen-bond donors (Lipinski definition) is 4. The molecular weight excluding hydrogens is 352 g/mol. The molecular formula is C17H22N6O4. The normalized spacial score (nSPS) is 10.7. The summed E-state index contributed by atoms with van der Waals surface area (Å²) < 4.78 is 5.62. The van der Waals surface area contributed by atoms with Crippen LogP contribution in [0.25, 0.3) is 0 Å². The first-order valence-corrected chi connectivity index (χ1v) is 8.56. The number of carbonyl (C=O) groups excluding carboxylic acids is 1. The summed E-state index contributed by atoms with van der Waals surface area (Å²) in [4.78, 5) is 35.9. The zero-order valence-corrected chi connectivity index (χ0v) is 14.9. The van der Waals surface area contributed by atoms with E-state index in [1.54, 1.807) is 0 Å². The third kappa shape index (κ3) is 7.14. The van der Waals surface area contributed by atoms with Crippen LogP contribution in [0.2, 0.25) is 0 Å². The Morgan fingerprint density at radius 3 is 2.74 bits per heavy atom. The van der Waals surface area contributed by atoms with Crippen molar-refractivity contribution in [2.45, 2.75) is 26.2 Å². The number of unbranched alkanes of at least 4 members (excludes halogenated alkanes) is 2. The number of hydrogen-bond acceptors (Lipinski definition) is 7. The monoisotopic (exact) mass is 374 g/mol. The molecule has 0 saturated carbocycles. The van der Waals surface area contributed by atoms with E-state index in [1.807, 2.05) is 29.2 Å². The molecule has 0 aliphatic carbocycles. The molecule has 1 amide bonds. The maximum atomic E-state index is 11.7. The molecule has 2 rings (SSSR count). The first-order chi connectivity index (χ1) is 13.1. The van der Waals surface area contributed by atoms with Gasteiger partial charge >= 0.3 is 5.69 Å². The number of benzene rings is 1. The first-order valence-electron chi connectivity index (χ1n) is 8.56. The van der Waals surface area contributed by atoms with Crippen LogP contribution in [0.1, 0.15) is 31.7 Å². The van der Waals surface area contributed by atoms with Crippen LogP contribution in [0, 0.1) is 0 Å². The van der Waals surface area contributed by atoms with Gasteiger partial charge in [0.05, 0.1) is 19.4 Å². The number of nitrogens with one attached hydrogen (secondary N) is 4. The van der Waals surface area contributed by atoms with Crippen molar-refractivity contribution in [1.29, 1.82) is 0 Å². The van der Waals surface area contributed by atoms with Gasteiger partial charge in [0.1, 0.15) is 5.75 Å². The molecule has 0 aliphatic heterocycles. The summed E-state index contributed by atoms with van der Waals surface area (Å²) in [6.45, 7) is 2.60. The van der Waals surface area contributed by atoms with E-state index in [4.69, 9.17) is 4.74 Å². The van der Waals surface area contributed by atoms with Crippen molar-refractivity contribution < 1.29 is 9.53 Å². The Balaban J connectivity index is 1.74. The maximum absolute atomic E-state index is 11.7. The van der Waals surface area contributed by atoms with E-state index < -0.39 is 17.2 Å². The number of nitrogens with zero attached hydrogens (tertiary/aromatic N) is 2. The Bertz CT molecular complexity index is 872. The molecule has 1 aromatic carbocycles. The van der Waals surface area contributed by atoms with Crippen LogP contribution in [0.4, 0.5) is 5.82 Å². The lowest BCUT2D eigenvalue weighted by atomic mass is 10.2. The zero-order chi connectivity index (χ0) is 19.5. The SMILES string of the molecule is CCCCCOc1ccc(/C=N/NC(=O)CNc2n[nH]c(=O)[nH]c2=O)cc1. The van der Waals surface area contributed by atoms with Crippen molar-refractivity contribution in [1.82, 2.24) is 20.6 Å². The van der Waals surface area contributed by atoms with Crippen LogP contribution in [-0.2, 0) is 4.79 Å². The molecule has 0 bridgehead atoms. The van der Waals surface area contributed by atoms with E-state index in [0.29, 0.717) is 6.61 Å². The van der Waals surface area contributed by atoms with Gasteiger partial charge in [-0.3, -0.25) is 14.6 Å². The van der Waals surface area contributed by atoms with E-state index in [-0.39, 0.29) is 12.4 Å². The number of rotatable bonds is 10. The van der Waals surface area contributed by atoms with Gasteiger partial charge in [0.15, 0.2) is 0 Å². The number of amides is 1. The summed E-state index contributed by atoms with van der Waals surface area (Å²) in [5.41, 5.74) is 1.67. The summed E-state index contributed by atoms with van der Waals surface area (Å²) in [7, 11) is 0. The highest BCUT2D eigenvalue weighted by Gasteiger charge is 2.04. The minimum Gasteiger partial charge on any atom is -0.494 e. The van der Waals surface area contributed by atoms with Gasteiger partial charge < -0.3 is 10.1 Å².